The summed E-state index contributed by atoms with van der Waals surface area (Å²) in [5.41, 5.74) is -0.378. The number of benzene rings is 1. The van der Waals surface area contributed by atoms with Gasteiger partial charge in [0.25, 0.3) is 5.91 Å². The van der Waals surface area contributed by atoms with Gasteiger partial charge in [0.1, 0.15) is 0 Å². The van der Waals surface area contributed by atoms with E-state index in [0.29, 0.717) is 30.3 Å². The van der Waals surface area contributed by atoms with Gasteiger partial charge in [-0.25, -0.2) is 0 Å². The Balaban J connectivity index is 1.84. The lowest BCUT2D eigenvalue weighted by Gasteiger charge is -2.31. The Morgan fingerprint density at radius 1 is 1.30 bits per heavy atom. The van der Waals surface area contributed by atoms with Crippen molar-refractivity contribution in [1.29, 1.82) is 0 Å². The predicted molar refractivity (Wildman–Crippen MR) is 98.3 cm³/mol. The molecule has 3 rings (SSSR count). The lowest BCUT2D eigenvalue weighted by atomic mass is 10.00. The topological polar surface area (TPSA) is 45.2 Å². The van der Waals surface area contributed by atoms with E-state index in [1.807, 2.05) is 0 Å². The highest BCUT2D eigenvalue weighted by Crippen LogP contribution is 2.37. The molecule has 1 atom stereocenters. The van der Waals surface area contributed by atoms with E-state index in [0.717, 1.165) is 18.9 Å². The molecule has 0 radical (unpaired) electrons. The van der Waals surface area contributed by atoms with E-state index in [-0.39, 0.29) is 16.6 Å². The molecule has 0 saturated carbocycles. The third-order valence-electron chi connectivity index (χ3n) is 4.50. The zero-order valence-electron chi connectivity index (χ0n) is 14.7. The molecule has 4 nitrogen and oxygen atoms in total. The predicted octanol–water partition coefficient (Wildman–Crippen LogP) is 5.37. The zero-order valence-corrected chi connectivity index (χ0v) is 15.4. The van der Waals surface area contributed by atoms with Gasteiger partial charge in [0.2, 0.25) is 0 Å². The van der Waals surface area contributed by atoms with Gasteiger partial charge >= 0.3 is 6.18 Å². The summed E-state index contributed by atoms with van der Waals surface area (Å²) in [5, 5.41) is 2.70. The molecule has 27 heavy (non-hydrogen) atoms. The molecule has 2 aromatic rings. The third kappa shape index (κ3) is 4.71. The van der Waals surface area contributed by atoms with Gasteiger partial charge in [-0.3, -0.25) is 9.78 Å². The smallest absolute Gasteiger partial charge is 0.354 e. The minimum atomic E-state index is -4.56. The molecule has 1 fully saturated rings. The molecular weight excluding hydrogens is 379 g/mol. The van der Waals surface area contributed by atoms with Gasteiger partial charge < -0.3 is 10.2 Å². The molecule has 1 aliphatic rings. The number of nitrogens with zero attached hydrogens (tertiary/aromatic N) is 2. The molecule has 0 bridgehead atoms. The Kier molecular flexibility index (Phi) is 5.60. The Morgan fingerprint density at radius 3 is 2.78 bits per heavy atom. The Bertz CT molecular complexity index is 841. The van der Waals surface area contributed by atoms with Crippen LogP contribution in [0.25, 0.3) is 0 Å². The summed E-state index contributed by atoms with van der Waals surface area (Å²) in [4.78, 5) is 18.5. The van der Waals surface area contributed by atoms with Gasteiger partial charge in [-0.15, -0.1) is 0 Å². The fourth-order valence-electron chi connectivity index (χ4n) is 3.20. The number of aromatic nitrogens is 1. The first-order valence-corrected chi connectivity index (χ1v) is 9.00. The lowest BCUT2D eigenvalue weighted by Crippen LogP contribution is -2.39. The molecule has 1 aromatic heterocycles. The van der Waals surface area contributed by atoms with Crippen molar-refractivity contribution in [3.8, 4) is 0 Å². The van der Waals surface area contributed by atoms with Crippen LogP contribution in [0.3, 0.4) is 0 Å². The Labute approximate surface area is 160 Å². The Hall–Kier alpha value is -2.28. The van der Waals surface area contributed by atoms with Crippen LogP contribution in [0.2, 0.25) is 5.02 Å². The number of pyridine rings is 1. The Morgan fingerprint density at radius 2 is 2.07 bits per heavy atom. The molecule has 8 heteroatoms. The quantitative estimate of drug-likeness (QED) is 0.757. The van der Waals surface area contributed by atoms with E-state index < -0.39 is 11.7 Å². The normalized spacial score (nSPS) is 17.7. The van der Waals surface area contributed by atoms with Crippen molar-refractivity contribution in [3.05, 3.63) is 52.8 Å². The largest absolute Gasteiger partial charge is 0.418 e. The van der Waals surface area contributed by atoms with Gasteiger partial charge in [-0.05, 0) is 43.0 Å². The highest BCUT2D eigenvalue weighted by molar-refractivity contribution is 6.30. The summed E-state index contributed by atoms with van der Waals surface area (Å²) in [5.74, 6) is 0.269. The molecular formula is C19H19ClF3N3O. The molecule has 2 heterocycles. The summed E-state index contributed by atoms with van der Waals surface area (Å²) < 4.78 is 39.7. The highest BCUT2D eigenvalue weighted by atomic mass is 35.5. The molecule has 144 valence electrons. The van der Waals surface area contributed by atoms with Gasteiger partial charge in [-0.2, -0.15) is 13.2 Å². The van der Waals surface area contributed by atoms with Crippen LogP contribution in [0.4, 0.5) is 24.5 Å². The van der Waals surface area contributed by atoms with Crippen LogP contribution in [0.15, 0.2) is 36.7 Å². The zero-order chi connectivity index (χ0) is 19.6. The fraction of sp³-hybridized carbons (Fsp3) is 0.368. The summed E-state index contributed by atoms with van der Waals surface area (Å²) in [7, 11) is 0. The van der Waals surface area contributed by atoms with E-state index in [1.165, 1.54) is 30.6 Å². The van der Waals surface area contributed by atoms with Crippen LogP contribution < -0.4 is 5.32 Å². The monoisotopic (exact) mass is 397 g/mol. The molecule has 1 unspecified atom stereocenters. The molecule has 1 N–H and O–H groups in total. The van der Waals surface area contributed by atoms with Gasteiger partial charge in [0.05, 0.1) is 28.7 Å². The van der Waals surface area contributed by atoms with Crippen molar-refractivity contribution in [2.24, 2.45) is 5.92 Å². The minimum absolute atomic E-state index is 0.00542. The first-order valence-electron chi connectivity index (χ1n) is 8.62. The van der Waals surface area contributed by atoms with Crippen LogP contribution >= 0.6 is 11.6 Å². The van der Waals surface area contributed by atoms with E-state index in [4.69, 9.17) is 11.6 Å². The molecule has 1 amide bonds. The number of hydrogen-bond donors (Lipinski definition) is 1. The van der Waals surface area contributed by atoms with Crippen LogP contribution in [-0.2, 0) is 6.18 Å². The maximum atomic E-state index is 13.2. The number of carbonyl (C=O) groups excluding carboxylic acids is 1. The number of carbonyl (C=O) groups is 1. The van der Waals surface area contributed by atoms with Crippen molar-refractivity contribution in [2.75, 3.05) is 18.4 Å². The van der Waals surface area contributed by atoms with Crippen molar-refractivity contribution in [1.82, 2.24) is 9.88 Å². The average molecular weight is 398 g/mol. The van der Waals surface area contributed by atoms with Crippen molar-refractivity contribution in [3.63, 3.8) is 0 Å². The number of hydrogen-bond acceptors (Lipinski definition) is 3. The molecule has 1 saturated heterocycles. The van der Waals surface area contributed by atoms with Gasteiger partial charge in [0, 0.05) is 24.3 Å². The standard InChI is InChI=1S/C19H19ClF3N3O/c1-12-3-2-6-26(11-12)18(27)13-7-15(10-24-9-13)25-17-5-4-14(20)8-16(17)19(21,22)23/h4-5,7-10,12,25H,2-3,6,11H2,1H3. The van der Waals surface area contributed by atoms with Crippen molar-refractivity contribution < 1.29 is 18.0 Å². The number of halogens is 4. The fourth-order valence-corrected chi connectivity index (χ4v) is 3.37. The maximum absolute atomic E-state index is 13.2. The number of alkyl halides is 3. The maximum Gasteiger partial charge on any atom is 0.418 e. The third-order valence-corrected chi connectivity index (χ3v) is 4.73. The van der Waals surface area contributed by atoms with E-state index in [1.54, 1.807) is 4.90 Å². The van der Waals surface area contributed by atoms with Crippen LogP contribution in [0, 0.1) is 5.92 Å². The first-order chi connectivity index (χ1) is 12.7. The summed E-state index contributed by atoms with van der Waals surface area (Å²) in [6.45, 7) is 3.44. The second-order valence-electron chi connectivity index (χ2n) is 6.77. The highest BCUT2D eigenvalue weighted by Gasteiger charge is 2.34. The second-order valence-corrected chi connectivity index (χ2v) is 7.21. The van der Waals surface area contributed by atoms with E-state index in [2.05, 4.69) is 17.2 Å². The number of amides is 1. The van der Waals surface area contributed by atoms with Crippen LogP contribution in [-0.4, -0.2) is 28.9 Å². The lowest BCUT2D eigenvalue weighted by molar-refractivity contribution is -0.136. The number of piperidine rings is 1. The molecule has 1 aliphatic heterocycles. The SMILES string of the molecule is CC1CCCN(C(=O)c2cncc(Nc3ccc(Cl)cc3C(F)(F)F)c2)C1. The molecule has 0 spiro atoms. The number of anilines is 2. The number of nitrogens with one attached hydrogen (secondary N) is 1. The van der Waals surface area contributed by atoms with Gasteiger partial charge in [0.15, 0.2) is 0 Å². The molecule has 1 aromatic carbocycles. The van der Waals surface area contributed by atoms with Gasteiger partial charge in [-0.1, -0.05) is 18.5 Å². The van der Waals surface area contributed by atoms with Crippen molar-refractivity contribution in [2.45, 2.75) is 25.9 Å². The summed E-state index contributed by atoms with van der Waals surface area (Å²) in [6.07, 6.45) is 0.278. The first kappa shape index (κ1) is 19.5. The number of likely N-dealkylation sites (tertiary alicyclic amines) is 1. The van der Waals surface area contributed by atoms with Crippen molar-refractivity contribution >= 4 is 28.9 Å². The second kappa shape index (κ2) is 7.76. The van der Waals surface area contributed by atoms with E-state index in [9.17, 15) is 18.0 Å². The average Bonchev–Trinajstić information content (AvgIpc) is 2.62. The summed E-state index contributed by atoms with van der Waals surface area (Å²) in [6, 6.07) is 5.01. The minimum Gasteiger partial charge on any atom is -0.354 e. The number of rotatable bonds is 3. The van der Waals surface area contributed by atoms with E-state index >= 15 is 0 Å². The summed E-state index contributed by atoms with van der Waals surface area (Å²) >= 11 is 5.70. The van der Waals surface area contributed by atoms with Crippen LogP contribution in [0.1, 0.15) is 35.7 Å². The van der Waals surface area contributed by atoms with Crippen LogP contribution in [0.5, 0.6) is 0 Å². The molecule has 0 aliphatic carbocycles.